The highest BCUT2D eigenvalue weighted by Gasteiger charge is 2.16. The number of rotatable bonds is 4. The molecule has 1 saturated heterocycles. The van der Waals surface area contributed by atoms with Gasteiger partial charge in [0.15, 0.2) is 0 Å². The molecule has 0 spiro atoms. The second kappa shape index (κ2) is 6.21. The lowest BCUT2D eigenvalue weighted by Crippen LogP contribution is -2.21. The van der Waals surface area contributed by atoms with E-state index in [1.165, 1.54) is 0 Å². The monoisotopic (exact) mass is 250 g/mol. The van der Waals surface area contributed by atoms with Crippen LogP contribution in [0, 0.1) is 12.8 Å². The molecule has 1 heterocycles. The Bertz CT molecular complexity index is 381. The van der Waals surface area contributed by atoms with Crippen molar-refractivity contribution in [1.82, 2.24) is 0 Å². The fraction of sp³-hybridized carbons (Fsp3) is 0.600. The molecule has 1 N–H and O–H groups in total. The largest absolute Gasteiger partial charge is 0.493 e. The van der Waals surface area contributed by atoms with E-state index in [4.69, 9.17) is 9.47 Å². The topological polar surface area (TPSA) is 38.7 Å². The number of aryl methyl sites for hydroxylation is 1. The lowest BCUT2D eigenvalue weighted by molar-refractivity contribution is 0.0491. The summed E-state index contributed by atoms with van der Waals surface area (Å²) in [6.45, 7) is 6.20. The highest BCUT2D eigenvalue weighted by atomic mass is 16.5. The molecule has 0 saturated carbocycles. The number of aliphatic hydroxyl groups excluding tert-OH is 1. The summed E-state index contributed by atoms with van der Waals surface area (Å²) in [6.07, 6.45) is 1.64. The molecule has 0 radical (unpaired) electrons. The van der Waals surface area contributed by atoms with Crippen molar-refractivity contribution in [2.45, 2.75) is 32.8 Å². The van der Waals surface area contributed by atoms with Crippen LogP contribution in [0.2, 0.25) is 0 Å². The highest BCUT2D eigenvalue weighted by Crippen LogP contribution is 2.27. The van der Waals surface area contributed by atoms with E-state index in [1.807, 2.05) is 25.1 Å². The minimum atomic E-state index is -0.490. The fourth-order valence-corrected chi connectivity index (χ4v) is 2.23. The van der Waals surface area contributed by atoms with E-state index in [0.717, 1.165) is 42.9 Å². The predicted octanol–water partition coefficient (Wildman–Crippen LogP) is 2.85. The lowest BCUT2D eigenvalue weighted by Gasteiger charge is -2.23. The molecule has 3 heteroatoms. The van der Waals surface area contributed by atoms with Crippen molar-refractivity contribution in [3.05, 3.63) is 29.3 Å². The molecule has 2 rings (SSSR count). The van der Waals surface area contributed by atoms with E-state index in [-0.39, 0.29) is 0 Å². The van der Waals surface area contributed by atoms with Gasteiger partial charge in [0.05, 0.1) is 12.7 Å². The molecular weight excluding hydrogens is 228 g/mol. The molecule has 1 aromatic carbocycles. The maximum absolute atomic E-state index is 9.73. The lowest BCUT2D eigenvalue weighted by atomic mass is 10.0. The molecule has 1 aromatic rings. The zero-order chi connectivity index (χ0) is 13.0. The first-order valence-corrected chi connectivity index (χ1v) is 6.66. The van der Waals surface area contributed by atoms with Crippen LogP contribution < -0.4 is 4.74 Å². The smallest absolute Gasteiger partial charge is 0.125 e. The average Bonchev–Trinajstić information content (AvgIpc) is 2.37. The Hall–Kier alpha value is -1.06. The first kappa shape index (κ1) is 13.4. The minimum Gasteiger partial charge on any atom is -0.493 e. The Morgan fingerprint density at radius 3 is 2.78 bits per heavy atom. The Kier molecular flexibility index (Phi) is 4.61. The summed E-state index contributed by atoms with van der Waals surface area (Å²) in [5.41, 5.74) is 2.02. The number of hydrogen-bond donors (Lipinski definition) is 1. The summed E-state index contributed by atoms with van der Waals surface area (Å²) < 4.78 is 11.2. The Morgan fingerprint density at radius 2 is 2.11 bits per heavy atom. The number of aliphatic hydroxyl groups is 1. The van der Waals surface area contributed by atoms with Crippen molar-refractivity contribution in [3.63, 3.8) is 0 Å². The molecule has 0 aliphatic carbocycles. The number of ether oxygens (including phenoxy) is 2. The van der Waals surface area contributed by atoms with Gasteiger partial charge in [0, 0.05) is 18.8 Å². The van der Waals surface area contributed by atoms with Gasteiger partial charge in [0.2, 0.25) is 0 Å². The predicted molar refractivity (Wildman–Crippen MR) is 70.9 cm³/mol. The molecular formula is C15H22O3. The van der Waals surface area contributed by atoms with Crippen LogP contribution in [-0.2, 0) is 4.74 Å². The minimum absolute atomic E-state index is 0.490. The van der Waals surface area contributed by atoms with Gasteiger partial charge in [-0.3, -0.25) is 0 Å². The van der Waals surface area contributed by atoms with Crippen LogP contribution in [0.3, 0.4) is 0 Å². The second-order valence-corrected chi connectivity index (χ2v) is 5.08. The molecule has 1 unspecified atom stereocenters. The SMILES string of the molecule is Cc1ccc(C(C)O)c(OCC2CCOCC2)c1. The fourth-order valence-electron chi connectivity index (χ4n) is 2.23. The van der Waals surface area contributed by atoms with Crippen LogP contribution in [0.5, 0.6) is 5.75 Å². The summed E-state index contributed by atoms with van der Waals surface area (Å²) in [4.78, 5) is 0. The normalized spacial score (nSPS) is 18.6. The van der Waals surface area contributed by atoms with Crippen LogP contribution in [0.1, 0.15) is 37.0 Å². The molecule has 0 aromatic heterocycles. The van der Waals surface area contributed by atoms with Crippen molar-refractivity contribution in [2.24, 2.45) is 5.92 Å². The first-order chi connectivity index (χ1) is 8.66. The molecule has 18 heavy (non-hydrogen) atoms. The average molecular weight is 250 g/mol. The van der Waals surface area contributed by atoms with Gasteiger partial charge in [-0.15, -0.1) is 0 Å². The van der Waals surface area contributed by atoms with E-state index in [0.29, 0.717) is 12.5 Å². The molecule has 1 aliphatic heterocycles. The van der Waals surface area contributed by atoms with Gasteiger partial charge in [-0.05, 0) is 44.2 Å². The van der Waals surface area contributed by atoms with E-state index in [2.05, 4.69) is 0 Å². The summed E-state index contributed by atoms with van der Waals surface area (Å²) in [5, 5.41) is 9.73. The van der Waals surface area contributed by atoms with Crippen LogP contribution in [0.4, 0.5) is 0 Å². The van der Waals surface area contributed by atoms with E-state index in [9.17, 15) is 5.11 Å². The summed E-state index contributed by atoms with van der Waals surface area (Å²) in [6, 6.07) is 5.95. The van der Waals surface area contributed by atoms with Crippen molar-refractivity contribution >= 4 is 0 Å². The van der Waals surface area contributed by atoms with Crippen molar-refractivity contribution < 1.29 is 14.6 Å². The summed E-state index contributed by atoms with van der Waals surface area (Å²) in [7, 11) is 0. The second-order valence-electron chi connectivity index (χ2n) is 5.08. The van der Waals surface area contributed by atoms with Crippen LogP contribution in [0.15, 0.2) is 18.2 Å². The van der Waals surface area contributed by atoms with Gasteiger partial charge in [-0.25, -0.2) is 0 Å². The van der Waals surface area contributed by atoms with Gasteiger partial charge >= 0.3 is 0 Å². The van der Waals surface area contributed by atoms with E-state index >= 15 is 0 Å². The number of benzene rings is 1. The quantitative estimate of drug-likeness (QED) is 0.893. The Morgan fingerprint density at radius 1 is 1.39 bits per heavy atom. The van der Waals surface area contributed by atoms with Crippen LogP contribution in [-0.4, -0.2) is 24.9 Å². The van der Waals surface area contributed by atoms with Crippen LogP contribution in [0.25, 0.3) is 0 Å². The highest BCUT2D eigenvalue weighted by molar-refractivity contribution is 5.38. The first-order valence-electron chi connectivity index (χ1n) is 6.66. The van der Waals surface area contributed by atoms with Gasteiger partial charge in [0.1, 0.15) is 5.75 Å². The van der Waals surface area contributed by atoms with Gasteiger partial charge in [-0.1, -0.05) is 12.1 Å². The standard InChI is InChI=1S/C15H22O3/c1-11-3-4-14(12(2)16)15(9-11)18-10-13-5-7-17-8-6-13/h3-4,9,12-13,16H,5-8,10H2,1-2H3. The molecule has 100 valence electrons. The van der Waals surface area contributed by atoms with E-state index < -0.39 is 6.10 Å². The van der Waals surface area contributed by atoms with Crippen LogP contribution >= 0.6 is 0 Å². The molecule has 0 amide bonds. The zero-order valence-electron chi connectivity index (χ0n) is 11.2. The van der Waals surface area contributed by atoms with Crippen molar-refractivity contribution in [3.8, 4) is 5.75 Å². The maximum Gasteiger partial charge on any atom is 0.125 e. The zero-order valence-corrected chi connectivity index (χ0v) is 11.2. The van der Waals surface area contributed by atoms with E-state index in [1.54, 1.807) is 6.92 Å². The molecule has 1 atom stereocenters. The Balaban J connectivity index is 2.00. The third-order valence-corrected chi connectivity index (χ3v) is 3.43. The molecule has 3 nitrogen and oxygen atoms in total. The molecule has 1 aliphatic rings. The van der Waals surface area contributed by atoms with Crippen molar-refractivity contribution in [1.29, 1.82) is 0 Å². The molecule has 0 bridgehead atoms. The summed E-state index contributed by atoms with van der Waals surface area (Å²) >= 11 is 0. The van der Waals surface area contributed by atoms with Gasteiger partial charge < -0.3 is 14.6 Å². The third-order valence-electron chi connectivity index (χ3n) is 3.43. The third kappa shape index (κ3) is 3.47. The maximum atomic E-state index is 9.73. The van der Waals surface area contributed by atoms with Gasteiger partial charge in [0.25, 0.3) is 0 Å². The van der Waals surface area contributed by atoms with Crippen molar-refractivity contribution in [2.75, 3.05) is 19.8 Å². The number of hydrogen-bond acceptors (Lipinski definition) is 3. The van der Waals surface area contributed by atoms with Gasteiger partial charge in [-0.2, -0.15) is 0 Å². The molecule has 1 fully saturated rings. The summed E-state index contributed by atoms with van der Waals surface area (Å²) in [5.74, 6) is 1.39. The Labute approximate surface area is 109 Å².